The summed E-state index contributed by atoms with van der Waals surface area (Å²) in [6.45, 7) is 0.649. The Labute approximate surface area is 231 Å². The Morgan fingerprint density at radius 1 is 0.949 bits per heavy atom. The Kier molecular flexibility index (Phi) is 7.89. The summed E-state index contributed by atoms with van der Waals surface area (Å²) in [5.41, 5.74) is 4.09. The van der Waals surface area contributed by atoms with E-state index in [1.54, 1.807) is 6.20 Å². The van der Waals surface area contributed by atoms with Gasteiger partial charge in [0.2, 0.25) is 0 Å². The van der Waals surface area contributed by atoms with Gasteiger partial charge in [-0.05, 0) is 52.6 Å². The minimum Gasteiger partial charge on any atom is -0.489 e. The zero-order valence-corrected chi connectivity index (χ0v) is 21.8. The number of hydrogen-bond acceptors (Lipinski definition) is 4. The van der Waals surface area contributed by atoms with Gasteiger partial charge >= 0.3 is 5.97 Å². The van der Waals surface area contributed by atoms with Crippen molar-refractivity contribution in [1.82, 2.24) is 14.5 Å². The minimum atomic E-state index is -1.10. The number of aliphatic carboxylic acids is 1. The van der Waals surface area contributed by atoms with Crippen molar-refractivity contribution < 1.29 is 19.4 Å². The van der Waals surface area contributed by atoms with Gasteiger partial charge in [0.1, 0.15) is 30.4 Å². The molecule has 2 heterocycles. The van der Waals surface area contributed by atoms with Crippen LogP contribution < -0.4 is 4.74 Å². The van der Waals surface area contributed by atoms with Gasteiger partial charge in [0.15, 0.2) is 0 Å². The first-order chi connectivity index (χ1) is 18.9. The van der Waals surface area contributed by atoms with E-state index >= 15 is 0 Å². The first kappa shape index (κ1) is 26.0. The molecule has 0 fully saturated rings. The molecule has 39 heavy (non-hydrogen) atoms. The molecule has 1 aromatic heterocycles. The molecule has 0 unspecified atom stereocenters. The molecule has 0 saturated heterocycles. The molecule has 1 aliphatic rings. The zero-order chi connectivity index (χ0) is 27.2. The molecule has 0 aliphatic carbocycles. The van der Waals surface area contributed by atoms with Crippen LogP contribution in [0, 0.1) is 0 Å². The first-order valence-corrected chi connectivity index (χ1v) is 12.8. The fourth-order valence-corrected chi connectivity index (χ4v) is 4.40. The van der Waals surface area contributed by atoms with E-state index < -0.39 is 18.4 Å². The highest BCUT2D eigenvalue weighted by Gasteiger charge is 2.23. The molecule has 0 atom stereocenters. The average molecular weight is 540 g/mol. The maximum Gasteiger partial charge on any atom is 0.323 e. The maximum atomic E-state index is 13.3. The van der Waals surface area contributed by atoms with E-state index in [2.05, 4.69) is 4.98 Å². The monoisotopic (exact) mass is 539 g/mol. The third kappa shape index (κ3) is 6.64. The van der Waals surface area contributed by atoms with Crippen LogP contribution in [0.15, 0.2) is 97.2 Å². The van der Waals surface area contributed by atoms with Crippen LogP contribution in [0.1, 0.15) is 33.0 Å². The first-order valence-electron chi connectivity index (χ1n) is 12.4. The SMILES string of the molecule is O=C(O)CN(Cc1ccc(OCc2ccccc2)cc1)C(=O)c1cn2c(n1)C=CC(c1ccc(Cl)cc1)=CC2. The number of carbonyl (C=O) groups excluding carboxylic acids is 1. The zero-order valence-electron chi connectivity index (χ0n) is 21.0. The molecule has 4 aromatic rings. The Bertz CT molecular complexity index is 1520. The van der Waals surface area contributed by atoms with Crippen LogP contribution in [-0.4, -0.2) is 38.0 Å². The topological polar surface area (TPSA) is 84.7 Å². The molecule has 1 N–H and O–H groups in total. The van der Waals surface area contributed by atoms with Gasteiger partial charge < -0.3 is 19.3 Å². The number of hydrogen-bond donors (Lipinski definition) is 1. The number of rotatable bonds is 9. The summed E-state index contributed by atoms with van der Waals surface area (Å²) >= 11 is 6.00. The molecule has 0 radical (unpaired) electrons. The van der Waals surface area contributed by atoms with Crippen LogP contribution in [0.3, 0.4) is 0 Å². The summed E-state index contributed by atoms with van der Waals surface area (Å²) in [6.07, 6.45) is 7.50. The molecule has 1 amide bonds. The minimum absolute atomic E-state index is 0.128. The standard InChI is InChI=1S/C31H26ClN3O4/c32-26-11-8-24(9-12-26)25-10-15-29-33-28(19-34(29)17-16-25)31(38)35(20-30(36)37)18-22-6-13-27(14-7-22)39-21-23-4-2-1-3-5-23/h1-16,19H,17-18,20-21H2,(H,36,37). The van der Waals surface area contributed by atoms with Crippen LogP contribution in [0.2, 0.25) is 5.02 Å². The third-order valence-electron chi connectivity index (χ3n) is 6.28. The number of benzene rings is 3. The van der Waals surface area contributed by atoms with Crippen LogP contribution in [0.4, 0.5) is 0 Å². The fraction of sp³-hybridized carbons (Fsp3) is 0.129. The lowest BCUT2D eigenvalue weighted by Crippen LogP contribution is -2.35. The number of carboxylic acids is 1. The molecule has 5 rings (SSSR count). The van der Waals surface area contributed by atoms with Crippen molar-refractivity contribution in [1.29, 1.82) is 0 Å². The fourth-order valence-electron chi connectivity index (χ4n) is 4.28. The van der Waals surface area contributed by atoms with Gasteiger partial charge in [0.25, 0.3) is 5.91 Å². The van der Waals surface area contributed by atoms with Crippen molar-refractivity contribution >= 4 is 35.1 Å². The molecule has 0 bridgehead atoms. The highest BCUT2D eigenvalue weighted by molar-refractivity contribution is 6.30. The lowest BCUT2D eigenvalue weighted by molar-refractivity contribution is -0.137. The summed E-state index contributed by atoms with van der Waals surface area (Å²) in [4.78, 5) is 30.7. The van der Waals surface area contributed by atoms with Gasteiger partial charge in [0, 0.05) is 24.3 Å². The lowest BCUT2D eigenvalue weighted by atomic mass is 10.1. The summed E-state index contributed by atoms with van der Waals surface area (Å²) in [5, 5.41) is 10.1. The number of amides is 1. The summed E-state index contributed by atoms with van der Waals surface area (Å²) < 4.78 is 7.69. The van der Waals surface area contributed by atoms with Gasteiger partial charge in [-0.1, -0.05) is 78.4 Å². The van der Waals surface area contributed by atoms with Crippen LogP contribution in [-0.2, 0) is 24.5 Å². The van der Waals surface area contributed by atoms with Crippen molar-refractivity contribution in [2.24, 2.45) is 0 Å². The number of imidazole rings is 1. The molecule has 7 nitrogen and oxygen atoms in total. The number of carboxylic acid groups (broad SMARTS) is 1. The molecule has 8 heteroatoms. The third-order valence-corrected chi connectivity index (χ3v) is 6.53. The van der Waals surface area contributed by atoms with E-state index in [4.69, 9.17) is 16.3 Å². The van der Waals surface area contributed by atoms with Crippen molar-refractivity contribution in [3.05, 3.63) is 130 Å². The van der Waals surface area contributed by atoms with E-state index in [0.717, 1.165) is 22.3 Å². The highest BCUT2D eigenvalue weighted by atomic mass is 35.5. The summed E-state index contributed by atoms with van der Waals surface area (Å²) in [6, 6.07) is 24.7. The van der Waals surface area contributed by atoms with Gasteiger partial charge in [0.05, 0.1) is 0 Å². The van der Waals surface area contributed by atoms with Gasteiger partial charge in [-0.2, -0.15) is 0 Å². The number of nitrogens with zero attached hydrogens (tertiary/aromatic N) is 3. The van der Waals surface area contributed by atoms with E-state index in [0.29, 0.717) is 29.7 Å². The summed E-state index contributed by atoms with van der Waals surface area (Å²) in [7, 11) is 0. The Morgan fingerprint density at radius 2 is 1.69 bits per heavy atom. The molecule has 3 aromatic carbocycles. The average Bonchev–Trinajstić information content (AvgIpc) is 3.25. The van der Waals surface area contributed by atoms with Crippen LogP contribution in [0.5, 0.6) is 5.75 Å². The largest absolute Gasteiger partial charge is 0.489 e. The van der Waals surface area contributed by atoms with Gasteiger partial charge in [-0.25, -0.2) is 4.98 Å². The Balaban J connectivity index is 1.26. The second-order valence-corrected chi connectivity index (χ2v) is 9.55. The Morgan fingerprint density at radius 3 is 2.41 bits per heavy atom. The second kappa shape index (κ2) is 11.8. The molecule has 196 valence electrons. The van der Waals surface area contributed by atoms with E-state index in [-0.39, 0.29) is 12.2 Å². The number of carbonyl (C=O) groups is 2. The maximum absolute atomic E-state index is 13.3. The quantitative estimate of drug-likeness (QED) is 0.284. The predicted octanol–water partition coefficient (Wildman–Crippen LogP) is 5.95. The van der Waals surface area contributed by atoms with Crippen molar-refractivity contribution in [2.75, 3.05) is 6.54 Å². The van der Waals surface area contributed by atoms with E-state index in [1.165, 1.54) is 4.90 Å². The molecule has 1 aliphatic heterocycles. The van der Waals surface area contributed by atoms with Crippen molar-refractivity contribution in [3.63, 3.8) is 0 Å². The summed E-state index contributed by atoms with van der Waals surface area (Å²) in [5.74, 6) is -0.233. The number of halogens is 1. The van der Waals surface area contributed by atoms with Gasteiger partial charge in [-0.15, -0.1) is 0 Å². The molecule has 0 saturated carbocycles. The van der Waals surface area contributed by atoms with Gasteiger partial charge in [-0.3, -0.25) is 9.59 Å². The predicted molar refractivity (Wildman–Crippen MR) is 150 cm³/mol. The number of fused-ring (bicyclic) bond motifs is 1. The Hall–Kier alpha value is -4.62. The van der Waals surface area contributed by atoms with Crippen molar-refractivity contribution in [2.45, 2.75) is 19.7 Å². The van der Waals surface area contributed by atoms with E-state index in [9.17, 15) is 14.7 Å². The van der Waals surface area contributed by atoms with Crippen molar-refractivity contribution in [3.8, 4) is 5.75 Å². The number of ether oxygens (including phenoxy) is 1. The van der Waals surface area contributed by atoms with E-state index in [1.807, 2.05) is 102 Å². The smallest absolute Gasteiger partial charge is 0.323 e. The lowest BCUT2D eigenvalue weighted by Gasteiger charge is -2.20. The molecule has 0 spiro atoms. The molecular formula is C31H26ClN3O4. The van der Waals surface area contributed by atoms with Crippen LogP contribution >= 0.6 is 11.6 Å². The number of allylic oxidation sites excluding steroid dienone is 3. The molecular weight excluding hydrogens is 514 g/mol. The normalized spacial score (nSPS) is 12.3. The van der Waals surface area contributed by atoms with Crippen LogP contribution in [0.25, 0.3) is 11.6 Å². The second-order valence-electron chi connectivity index (χ2n) is 9.11. The number of aromatic nitrogens is 2. The highest BCUT2D eigenvalue weighted by Crippen LogP contribution is 2.23.